The fourth-order valence-corrected chi connectivity index (χ4v) is 2.17. The van der Waals surface area contributed by atoms with E-state index in [1.807, 2.05) is 14.1 Å². The second-order valence-corrected chi connectivity index (χ2v) is 4.99. The predicted octanol–water partition coefficient (Wildman–Crippen LogP) is 1.79. The molecule has 2 aromatic rings. The Kier molecular flexibility index (Phi) is 3.99. The smallest absolute Gasteiger partial charge is 0.124 e. The molecular formula is C14H21N3O. The van der Waals surface area contributed by atoms with Crippen LogP contribution in [-0.2, 0) is 13.1 Å². The van der Waals surface area contributed by atoms with Gasteiger partial charge in [-0.25, -0.2) is 4.98 Å². The molecule has 1 aromatic heterocycles. The fourth-order valence-electron chi connectivity index (χ4n) is 2.17. The largest absolute Gasteiger partial charge is 0.396 e. The number of hydrogen-bond acceptors (Lipinski definition) is 3. The first-order chi connectivity index (χ1) is 8.61. The molecule has 0 fully saturated rings. The molecule has 0 spiro atoms. The zero-order valence-corrected chi connectivity index (χ0v) is 11.3. The van der Waals surface area contributed by atoms with Gasteiger partial charge in [0.15, 0.2) is 0 Å². The summed E-state index contributed by atoms with van der Waals surface area (Å²) in [5.74, 6) is 1.06. The van der Waals surface area contributed by atoms with E-state index in [0.29, 0.717) is 0 Å². The molecule has 0 aliphatic rings. The van der Waals surface area contributed by atoms with E-state index in [0.717, 1.165) is 36.4 Å². The van der Waals surface area contributed by atoms with Crippen LogP contribution >= 0.6 is 0 Å². The number of aromatic nitrogens is 2. The monoisotopic (exact) mass is 247 g/mol. The molecule has 2 rings (SSSR count). The SMILES string of the molecule is Cc1ccc2c(c1)nc(CN(C)C)n2CCCO. The lowest BCUT2D eigenvalue weighted by molar-refractivity contribution is 0.278. The first kappa shape index (κ1) is 13.1. The van der Waals surface area contributed by atoms with Crippen molar-refractivity contribution >= 4 is 11.0 Å². The van der Waals surface area contributed by atoms with Gasteiger partial charge < -0.3 is 14.6 Å². The molecule has 0 aliphatic carbocycles. The van der Waals surface area contributed by atoms with Crippen LogP contribution in [0.3, 0.4) is 0 Å². The molecular weight excluding hydrogens is 226 g/mol. The van der Waals surface area contributed by atoms with Gasteiger partial charge in [-0.3, -0.25) is 0 Å². The van der Waals surface area contributed by atoms with Crippen molar-refractivity contribution in [2.75, 3.05) is 20.7 Å². The Labute approximate surface area is 108 Å². The highest BCUT2D eigenvalue weighted by atomic mass is 16.3. The van der Waals surface area contributed by atoms with E-state index in [1.165, 1.54) is 5.56 Å². The standard InChI is InChI=1S/C14H21N3O/c1-11-5-6-13-12(9-11)15-14(10-16(2)3)17(13)7-4-8-18/h5-6,9,18H,4,7-8,10H2,1-3H3. The minimum absolute atomic E-state index is 0.215. The first-order valence-corrected chi connectivity index (χ1v) is 6.33. The maximum Gasteiger partial charge on any atom is 0.124 e. The molecule has 0 atom stereocenters. The van der Waals surface area contributed by atoms with Gasteiger partial charge >= 0.3 is 0 Å². The fraction of sp³-hybridized carbons (Fsp3) is 0.500. The Morgan fingerprint density at radius 3 is 2.78 bits per heavy atom. The number of imidazole rings is 1. The molecule has 1 aromatic carbocycles. The number of aryl methyl sites for hydroxylation is 2. The van der Waals surface area contributed by atoms with E-state index in [9.17, 15) is 0 Å². The number of nitrogens with zero attached hydrogens (tertiary/aromatic N) is 3. The number of benzene rings is 1. The molecule has 98 valence electrons. The molecule has 1 N–H and O–H groups in total. The second kappa shape index (κ2) is 5.50. The molecule has 0 saturated heterocycles. The maximum absolute atomic E-state index is 9.01. The van der Waals surface area contributed by atoms with Crippen LogP contribution in [0.1, 0.15) is 17.8 Å². The van der Waals surface area contributed by atoms with Crippen molar-refractivity contribution in [3.8, 4) is 0 Å². The molecule has 4 nitrogen and oxygen atoms in total. The molecule has 1 heterocycles. The topological polar surface area (TPSA) is 41.3 Å². The van der Waals surface area contributed by atoms with Crippen molar-refractivity contribution in [3.05, 3.63) is 29.6 Å². The molecule has 18 heavy (non-hydrogen) atoms. The summed E-state index contributed by atoms with van der Waals surface area (Å²) in [5, 5.41) is 9.01. The highest BCUT2D eigenvalue weighted by Crippen LogP contribution is 2.19. The van der Waals surface area contributed by atoms with Crippen LogP contribution in [0.15, 0.2) is 18.2 Å². The Bertz CT molecular complexity index is 531. The van der Waals surface area contributed by atoms with E-state index in [-0.39, 0.29) is 6.61 Å². The van der Waals surface area contributed by atoms with E-state index in [4.69, 9.17) is 10.1 Å². The third-order valence-electron chi connectivity index (χ3n) is 2.98. The number of fused-ring (bicyclic) bond motifs is 1. The third-order valence-corrected chi connectivity index (χ3v) is 2.98. The Balaban J connectivity index is 2.45. The maximum atomic E-state index is 9.01. The summed E-state index contributed by atoms with van der Waals surface area (Å²) >= 11 is 0. The molecule has 0 saturated carbocycles. The lowest BCUT2D eigenvalue weighted by Crippen LogP contribution is -2.16. The van der Waals surface area contributed by atoms with Crippen LogP contribution in [0.2, 0.25) is 0 Å². The highest BCUT2D eigenvalue weighted by molar-refractivity contribution is 5.76. The van der Waals surface area contributed by atoms with Gasteiger partial charge in [0.2, 0.25) is 0 Å². The van der Waals surface area contributed by atoms with Gasteiger partial charge in [-0.2, -0.15) is 0 Å². The van der Waals surface area contributed by atoms with Gasteiger partial charge in [0.1, 0.15) is 5.82 Å². The zero-order valence-electron chi connectivity index (χ0n) is 11.3. The second-order valence-electron chi connectivity index (χ2n) is 4.99. The minimum atomic E-state index is 0.215. The normalized spacial score (nSPS) is 11.6. The van der Waals surface area contributed by atoms with Gasteiger partial charge in [-0.05, 0) is 45.1 Å². The van der Waals surface area contributed by atoms with Gasteiger partial charge in [-0.1, -0.05) is 6.07 Å². The molecule has 0 bridgehead atoms. The zero-order chi connectivity index (χ0) is 13.1. The quantitative estimate of drug-likeness (QED) is 0.875. The van der Waals surface area contributed by atoms with Gasteiger partial charge in [0.05, 0.1) is 17.6 Å². The summed E-state index contributed by atoms with van der Waals surface area (Å²) in [6, 6.07) is 6.34. The van der Waals surface area contributed by atoms with E-state index >= 15 is 0 Å². The summed E-state index contributed by atoms with van der Waals surface area (Å²) in [5.41, 5.74) is 3.43. The van der Waals surface area contributed by atoms with Crippen molar-refractivity contribution in [1.29, 1.82) is 0 Å². The summed E-state index contributed by atoms with van der Waals surface area (Å²) in [4.78, 5) is 6.82. The number of aliphatic hydroxyl groups excluding tert-OH is 1. The van der Waals surface area contributed by atoms with Crippen LogP contribution in [0.5, 0.6) is 0 Å². The van der Waals surface area contributed by atoms with Crippen molar-refractivity contribution in [1.82, 2.24) is 14.5 Å². The average Bonchev–Trinajstić information content (AvgIpc) is 2.62. The van der Waals surface area contributed by atoms with Crippen molar-refractivity contribution in [2.45, 2.75) is 26.4 Å². The minimum Gasteiger partial charge on any atom is -0.396 e. The van der Waals surface area contributed by atoms with Gasteiger partial charge in [-0.15, -0.1) is 0 Å². The lowest BCUT2D eigenvalue weighted by atomic mass is 10.2. The summed E-state index contributed by atoms with van der Waals surface area (Å²) in [7, 11) is 4.09. The van der Waals surface area contributed by atoms with E-state index in [2.05, 4.69) is 34.6 Å². The molecule has 0 radical (unpaired) electrons. The highest BCUT2D eigenvalue weighted by Gasteiger charge is 2.11. The Morgan fingerprint density at radius 1 is 1.33 bits per heavy atom. The van der Waals surface area contributed by atoms with E-state index in [1.54, 1.807) is 0 Å². The molecule has 0 unspecified atom stereocenters. The number of aliphatic hydroxyl groups is 1. The molecule has 0 amide bonds. The average molecular weight is 247 g/mol. The summed E-state index contributed by atoms with van der Waals surface area (Å²) in [6.07, 6.45) is 0.764. The van der Waals surface area contributed by atoms with Gasteiger partial charge in [0.25, 0.3) is 0 Å². The summed E-state index contributed by atoms with van der Waals surface area (Å²) < 4.78 is 2.21. The lowest BCUT2D eigenvalue weighted by Gasteiger charge is -2.12. The number of hydrogen-bond donors (Lipinski definition) is 1. The van der Waals surface area contributed by atoms with Crippen LogP contribution in [0.25, 0.3) is 11.0 Å². The third kappa shape index (κ3) is 2.71. The number of rotatable bonds is 5. The van der Waals surface area contributed by atoms with Gasteiger partial charge in [0, 0.05) is 13.2 Å². The van der Waals surface area contributed by atoms with E-state index < -0.39 is 0 Å². The summed E-state index contributed by atoms with van der Waals surface area (Å²) in [6.45, 7) is 3.93. The van der Waals surface area contributed by atoms with Crippen molar-refractivity contribution in [3.63, 3.8) is 0 Å². The van der Waals surface area contributed by atoms with Crippen LogP contribution in [0.4, 0.5) is 0 Å². The van der Waals surface area contributed by atoms with Crippen molar-refractivity contribution < 1.29 is 5.11 Å². The van der Waals surface area contributed by atoms with Crippen LogP contribution < -0.4 is 0 Å². The molecule has 0 aliphatic heterocycles. The molecule has 4 heteroatoms. The van der Waals surface area contributed by atoms with Crippen LogP contribution in [0, 0.1) is 6.92 Å². The Hall–Kier alpha value is -1.39. The predicted molar refractivity (Wildman–Crippen MR) is 73.6 cm³/mol. The first-order valence-electron chi connectivity index (χ1n) is 6.33. The van der Waals surface area contributed by atoms with Crippen LogP contribution in [-0.4, -0.2) is 40.3 Å². The van der Waals surface area contributed by atoms with Crippen molar-refractivity contribution in [2.24, 2.45) is 0 Å². The Morgan fingerprint density at radius 2 is 2.11 bits per heavy atom.